The average molecular weight is 282 g/mol. The fourth-order valence-electron chi connectivity index (χ4n) is 2.11. The minimum absolute atomic E-state index is 0.00776. The SMILES string of the molecule is O=c1c2ccccc2nnn1Cc1ccccc1[N+](=O)[O-]. The first kappa shape index (κ1) is 12.9. The van der Waals surface area contributed by atoms with E-state index in [1.807, 2.05) is 0 Å². The fourth-order valence-corrected chi connectivity index (χ4v) is 2.11. The number of para-hydroxylation sites is 1. The van der Waals surface area contributed by atoms with Gasteiger partial charge in [0.1, 0.15) is 5.52 Å². The Kier molecular flexibility index (Phi) is 3.15. The molecule has 21 heavy (non-hydrogen) atoms. The molecule has 0 atom stereocenters. The molecule has 0 radical (unpaired) electrons. The summed E-state index contributed by atoms with van der Waals surface area (Å²) < 4.78 is 1.13. The molecule has 1 aromatic heterocycles. The molecule has 1 heterocycles. The molecule has 0 aliphatic carbocycles. The van der Waals surface area contributed by atoms with Gasteiger partial charge in [-0.25, -0.2) is 4.68 Å². The van der Waals surface area contributed by atoms with Gasteiger partial charge < -0.3 is 0 Å². The highest BCUT2D eigenvalue weighted by Gasteiger charge is 2.14. The van der Waals surface area contributed by atoms with Crippen molar-refractivity contribution in [1.29, 1.82) is 0 Å². The first-order chi connectivity index (χ1) is 10.2. The first-order valence-electron chi connectivity index (χ1n) is 6.21. The van der Waals surface area contributed by atoms with E-state index in [-0.39, 0.29) is 17.8 Å². The molecule has 0 saturated carbocycles. The molecule has 0 N–H and O–H groups in total. The van der Waals surface area contributed by atoms with Crippen LogP contribution in [0.4, 0.5) is 5.69 Å². The van der Waals surface area contributed by atoms with E-state index in [9.17, 15) is 14.9 Å². The topological polar surface area (TPSA) is 90.9 Å². The van der Waals surface area contributed by atoms with Crippen LogP contribution in [-0.2, 0) is 6.54 Å². The number of benzene rings is 2. The van der Waals surface area contributed by atoms with E-state index in [4.69, 9.17) is 0 Å². The summed E-state index contributed by atoms with van der Waals surface area (Å²) in [5.41, 5.74) is 0.550. The van der Waals surface area contributed by atoms with E-state index < -0.39 is 4.92 Å². The summed E-state index contributed by atoms with van der Waals surface area (Å²) >= 11 is 0. The summed E-state index contributed by atoms with van der Waals surface area (Å²) in [6, 6.07) is 13.1. The second-order valence-electron chi connectivity index (χ2n) is 4.46. The molecule has 0 amide bonds. The minimum Gasteiger partial charge on any atom is -0.267 e. The molecule has 0 bridgehead atoms. The Morgan fingerprint density at radius 3 is 2.62 bits per heavy atom. The molecular formula is C14H10N4O3. The highest BCUT2D eigenvalue weighted by Crippen LogP contribution is 2.18. The molecule has 104 valence electrons. The lowest BCUT2D eigenvalue weighted by Gasteiger charge is -2.05. The molecule has 0 fully saturated rings. The van der Waals surface area contributed by atoms with Gasteiger partial charge in [-0.05, 0) is 12.1 Å². The van der Waals surface area contributed by atoms with Crippen LogP contribution in [0.2, 0.25) is 0 Å². The number of hydrogen-bond acceptors (Lipinski definition) is 5. The van der Waals surface area contributed by atoms with Gasteiger partial charge >= 0.3 is 0 Å². The lowest BCUT2D eigenvalue weighted by atomic mass is 10.2. The van der Waals surface area contributed by atoms with E-state index in [0.717, 1.165) is 4.68 Å². The standard InChI is InChI=1S/C14H10N4O3/c19-14-11-6-2-3-7-12(11)15-16-17(14)9-10-5-1-4-8-13(10)18(20)21/h1-8H,9H2. The van der Waals surface area contributed by atoms with Crippen molar-refractivity contribution < 1.29 is 4.92 Å². The van der Waals surface area contributed by atoms with Crippen molar-refractivity contribution in [3.63, 3.8) is 0 Å². The molecule has 0 aliphatic rings. The first-order valence-corrected chi connectivity index (χ1v) is 6.21. The van der Waals surface area contributed by atoms with Gasteiger partial charge in [-0.1, -0.05) is 35.5 Å². The van der Waals surface area contributed by atoms with Crippen molar-refractivity contribution in [2.75, 3.05) is 0 Å². The third-order valence-corrected chi connectivity index (χ3v) is 3.14. The monoisotopic (exact) mass is 282 g/mol. The maximum absolute atomic E-state index is 12.3. The van der Waals surface area contributed by atoms with E-state index in [1.54, 1.807) is 42.5 Å². The summed E-state index contributed by atoms with van der Waals surface area (Å²) in [6.07, 6.45) is 0. The number of fused-ring (bicyclic) bond motifs is 1. The van der Waals surface area contributed by atoms with Crippen LogP contribution in [-0.4, -0.2) is 19.9 Å². The lowest BCUT2D eigenvalue weighted by molar-refractivity contribution is -0.385. The molecule has 0 aliphatic heterocycles. The van der Waals surface area contributed by atoms with E-state index in [1.165, 1.54) is 6.07 Å². The van der Waals surface area contributed by atoms with Crippen LogP contribution >= 0.6 is 0 Å². The van der Waals surface area contributed by atoms with Gasteiger partial charge in [0.2, 0.25) is 0 Å². The summed E-state index contributed by atoms with van der Waals surface area (Å²) in [4.78, 5) is 22.8. The number of aromatic nitrogens is 3. The minimum atomic E-state index is -0.477. The van der Waals surface area contributed by atoms with Crippen LogP contribution in [0.3, 0.4) is 0 Å². The number of nitro groups is 1. The van der Waals surface area contributed by atoms with E-state index in [0.29, 0.717) is 16.5 Å². The smallest absolute Gasteiger partial charge is 0.267 e. The van der Waals surface area contributed by atoms with Crippen LogP contribution in [0.5, 0.6) is 0 Å². The van der Waals surface area contributed by atoms with Gasteiger partial charge in [0, 0.05) is 6.07 Å². The number of nitrogens with zero attached hydrogens (tertiary/aromatic N) is 4. The van der Waals surface area contributed by atoms with Gasteiger partial charge in [-0.2, -0.15) is 0 Å². The van der Waals surface area contributed by atoms with E-state index in [2.05, 4.69) is 10.3 Å². The molecular weight excluding hydrogens is 272 g/mol. The summed E-state index contributed by atoms with van der Waals surface area (Å²) in [5, 5.41) is 19.2. The Morgan fingerprint density at radius 2 is 1.81 bits per heavy atom. The third-order valence-electron chi connectivity index (χ3n) is 3.14. The van der Waals surface area contributed by atoms with Crippen LogP contribution < -0.4 is 5.56 Å². The lowest BCUT2D eigenvalue weighted by Crippen LogP contribution is -2.25. The Bertz CT molecular complexity index is 889. The maximum atomic E-state index is 12.3. The second-order valence-corrected chi connectivity index (χ2v) is 4.46. The Labute approximate surface area is 118 Å². The van der Waals surface area contributed by atoms with Crippen molar-refractivity contribution in [2.45, 2.75) is 6.54 Å². The van der Waals surface area contributed by atoms with Crippen LogP contribution in [0, 0.1) is 10.1 Å². The van der Waals surface area contributed by atoms with Gasteiger partial charge in [-0.3, -0.25) is 14.9 Å². The fraction of sp³-hybridized carbons (Fsp3) is 0.0714. The van der Waals surface area contributed by atoms with Gasteiger partial charge in [-0.15, -0.1) is 5.10 Å². The predicted molar refractivity (Wildman–Crippen MR) is 76.0 cm³/mol. The average Bonchev–Trinajstić information content (AvgIpc) is 2.51. The number of nitro benzene ring substituents is 1. The molecule has 3 aromatic rings. The highest BCUT2D eigenvalue weighted by atomic mass is 16.6. The third kappa shape index (κ3) is 2.36. The van der Waals surface area contributed by atoms with Gasteiger partial charge in [0.15, 0.2) is 0 Å². The normalized spacial score (nSPS) is 10.7. The van der Waals surface area contributed by atoms with Gasteiger partial charge in [0.25, 0.3) is 11.2 Å². The van der Waals surface area contributed by atoms with Crippen LogP contribution in [0.15, 0.2) is 53.3 Å². The Balaban J connectivity index is 2.09. The van der Waals surface area contributed by atoms with Crippen molar-refractivity contribution >= 4 is 16.6 Å². The Morgan fingerprint density at radius 1 is 1.10 bits per heavy atom. The van der Waals surface area contributed by atoms with Crippen molar-refractivity contribution in [2.24, 2.45) is 0 Å². The molecule has 0 saturated heterocycles. The van der Waals surface area contributed by atoms with Crippen LogP contribution in [0.25, 0.3) is 10.9 Å². The molecule has 2 aromatic carbocycles. The zero-order valence-corrected chi connectivity index (χ0v) is 10.8. The number of hydrogen-bond donors (Lipinski definition) is 0. The van der Waals surface area contributed by atoms with Crippen molar-refractivity contribution in [3.8, 4) is 0 Å². The van der Waals surface area contributed by atoms with Crippen molar-refractivity contribution in [3.05, 3.63) is 74.6 Å². The zero-order valence-electron chi connectivity index (χ0n) is 10.8. The Hall–Kier alpha value is -3.09. The second kappa shape index (κ2) is 5.12. The maximum Gasteiger partial charge on any atom is 0.277 e. The molecule has 0 unspecified atom stereocenters. The largest absolute Gasteiger partial charge is 0.277 e. The summed E-state index contributed by atoms with van der Waals surface area (Å²) in [5.74, 6) is 0. The van der Waals surface area contributed by atoms with Crippen LogP contribution in [0.1, 0.15) is 5.56 Å². The van der Waals surface area contributed by atoms with Gasteiger partial charge in [0.05, 0.1) is 22.4 Å². The number of rotatable bonds is 3. The summed E-state index contributed by atoms with van der Waals surface area (Å²) in [7, 11) is 0. The van der Waals surface area contributed by atoms with E-state index >= 15 is 0 Å². The zero-order chi connectivity index (χ0) is 14.8. The quantitative estimate of drug-likeness (QED) is 0.539. The molecule has 0 spiro atoms. The van der Waals surface area contributed by atoms with Crippen molar-refractivity contribution in [1.82, 2.24) is 15.0 Å². The molecule has 3 rings (SSSR count). The predicted octanol–water partition coefficient (Wildman–Crippen LogP) is 1.75. The summed E-state index contributed by atoms with van der Waals surface area (Å²) in [6.45, 7) is 0.00776. The molecule has 7 heteroatoms. The molecule has 7 nitrogen and oxygen atoms in total. The highest BCUT2D eigenvalue weighted by molar-refractivity contribution is 5.76.